The molecule has 2 aromatic rings. The van der Waals surface area contributed by atoms with Crippen molar-refractivity contribution in [1.82, 2.24) is 5.32 Å². The molecule has 24 heavy (non-hydrogen) atoms. The van der Waals surface area contributed by atoms with Gasteiger partial charge in [0.05, 0.1) is 11.5 Å². The van der Waals surface area contributed by atoms with E-state index in [9.17, 15) is 18.7 Å². The Bertz CT molecular complexity index is 729. The third-order valence-electron chi connectivity index (χ3n) is 4.73. The number of nitrogens with one attached hydrogen (secondary N) is 1. The Labute approximate surface area is 139 Å². The molecule has 2 N–H and O–H groups in total. The van der Waals surface area contributed by atoms with Gasteiger partial charge in [0.2, 0.25) is 5.91 Å². The number of aliphatic hydroxyl groups excluding tert-OH is 1. The molecule has 126 valence electrons. The minimum Gasteiger partial charge on any atom is -0.387 e. The molecule has 1 aliphatic rings. The summed E-state index contributed by atoms with van der Waals surface area (Å²) in [4.78, 5) is 12.6. The van der Waals surface area contributed by atoms with Crippen LogP contribution in [-0.4, -0.2) is 17.6 Å². The summed E-state index contributed by atoms with van der Waals surface area (Å²) in [5.74, 6) is -1.69. The van der Waals surface area contributed by atoms with Crippen LogP contribution in [0.25, 0.3) is 0 Å². The lowest BCUT2D eigenvalue weighted by Crippen LogP contribution is -2.50. The number of carbonyl (C=O) groups is 1. The van der Waals surface area contributed by atoms with Crippen molar-refractivity contribution >= 4 is 5.91 Å². The smallest absolute Gasteiger partial charge is 0.230 e. The second kappa shape index (κ2) is 6.69. The monoisotopic (exact) mass is 331 g/mol. The summed E-state index contributed by atoms with van der Waals surface area (Å²) in [6.07, 6.45) is 1.02. The molecular weight excluding hydrogens is 312 g/mol. The van der Waals surface area contributed by atoms with Crippen molar-refractivity contribution in [1.29, 1.82) is 0 Å². The molecule has 1 fully saturated rings. The summed E-state index contributed by atoms with van der Waals surface area (Å²) < 4.78 is 27.2. The highest BCUT2D eigenvalue weighted by molar-refractivity contribution is 5.89. The van der Waals surface area contributed by atoms with E-state index in [1.165, 1.54) is 12.1 Å². The Morgan fingerprint density at radius 2 is 1.88 bits per heavy atom. The normalized spacial score (nSPS) is 17.0. The van der Waals surface area contributed by atoms with Gasteiger partial charge in [0.15, 0.2) is 0 Å². The van der Waals surface area contributed by atoms with Crippen molar-refractivity contribution in [3.63, 3.8) is 0 Å². The van der Waals surface area contributed by atoms with Gasteiger partial charge in [-0.3, -0.25) is 4.79 Å². The van der Waals surface area contributed by atoms with Crippen LogP contribution in [0.2, 0.25) is 0 Å². The summed E-state index contributed by atoms with van der Waals surface area (Å²) in [6, 6.07) is 12.3. The molecule has 2 aromatic carbocycles. The number of rotatable bonds is 5. The summed E-state index contributed by atoms with van der Waals surface area (Å²) in [6.45, 7) is 0.0490. The van der Waals surface area contributed by atoms with E-state index in [-0.39, 0.29) is 18.0 Å². The Morgan fingerprint density at radius 3 is 2.46 bits per heavy atom. The maximum absolute atomic E-state index is 14.1. The summed E-state index contributed by atoms with van der Waals surface area (Å²) in [7, 11) is 0. The standard InChI is InChI=1S/C19H19F2NO2/c20-14-7-8-15(16(21)11-14)19(9-4-10-19)18(24)22-12-17(23)13-5-2-1-3-6-13/h1-3,5-8,11,17,23H,4,9-10,12H2,(H,22,24). The van der Waals surface area contributed by atoms with Crippen LogP contribution in [-0.2, 0) is 10.2 Å². The number of aliphatic hydroxyl groups is 1. The molecule has 0 aliphatic heterocycles. The quantitative estimate of drug-likeness (QED) is 0.884. The van der Waals surface area contributed by atoms with Gasteiger partial charge in [-0.15, -0.1) is 0 Å². The molecular formula is C19H19F2NO2. The van der Waals surface area contributed by atoms with E-state index in [1.54, 1.807) is 12.1 Å². The van der Waals surface area contributed by atoms with E-state index in [4.69, 9.17) is 0 Å². The molecule has 5 heteroatoms. The average Bonchev–Trinajstić information content (AvgIpc) is 2.54. The SMILES string of the molecule is O=C(NCC(O)c1ccccc1)C1(c2ccc(F)cc2F)CCC1. The van der Waals surface area contributed by atoms with Gasteiger partial charge in [-0.1, -0.05) is 42.8 Å². The van der Waals surface area contributed by atoms with Gasteiger partial charge in [-0.2, -0.15) is 0 Å². The Hall–Kier alpha value is -2.27. The van der Waals surface area contributed by atoms with Gasteiger partial charge < -0.3 is 10.4 Å². The van der Waals surface area contributed by atoms with E-state index >= 15 is 0 Å². The highest BCUT2D eigenvalue weighted by Gasteiger charge is 2.47. The second-order valence-electron chi connectivity index (χ2n) is 6.20. The third-order valence-corrected chi connectivity index (χ3v) is 4.73. The van der Waals surface area contributed by atoms with E-state index < -0.39 is 23.2 Å². The molecule has 0 radical (unpaired) electrons. The van der Waals surface area contributed by atoms with Crippen LogP contribution in [0.3, 0.4) is 0 Å². The van der Waals surface area contributed by atoms with Crippen molar-refractivity contribution in [2.75, 3.05) is 6.54 Å². The fourth-order valence-electron chi connectivity index (χ4n) is 3.18. The van der Waals surface area contributed by atoms with Crippen LogP contribution in [0.1, 0.15) is 36.5 Å². The van der Waals surface area contributed by atoms with Gasteiger partial charge >= 0.3 is 0 Å². The van der Waals surface area contributed by atoms with Crippen molar-refractivity contribution in [3.05, 3.63) is 71.3 Å². The maximum atomic E-state index is 14.1. The lowest BCUT2D eigenvalue weighted by molar-refractivity contribution is -0.130. The van der Waals surface area contributed by atoms with Gasteiger partial charge in [0, 0.05) is 18.2 Å². The molecule has 1 saturated carbocycles. The molecule has 0 spiro atoms. The zero-order valence-corrected chi connectivity index (χ0v) is 13.1. The lowest BCUT2D eigenvalue weighted by atomic mass is 9.63. The Balaban J connectivity index is 1.73. The van der Waals surface area contributed by atoms with E-state index in [0.29, 0.717) is 18.4 Å². The lowest BCUT2D eigenvalue weighted by Gasteiger charge is -2.41. The molecule has 0 bridgehead atoms. The zero-order valence-electron chi connectivity index (χ0n) is 13.1. The maximum Gasteiger partial charge on any atom is 0.230 e. The third kappa shape index (κ3) is 3.04. The predicted molar refractivity (Wildman–Crippen MR) is 86.3 cm³/mol. The van der Waals surface area contributed by atoms with E-state index in [2.05, 4.69) is 5.32 Å². The van der Waals surface area contributed by atoms with Gasteiger partial charge in [0.1, 0.15) is 11.6 Å². The first kappa shape index (κ1) is 16.6. The van der Waals surface area contributed by atoms with Crippen molar-refractivity contribution in [3.8, 4) is 0 Å². The molecule has 0 heterocycles. The van der Waals surface area contributed by atoms with Crippen LogP contribution < -0.4 is 5.32 Å². The topological polar surface area (TPSA) is 49.3 Å². The van der Waals surface area contributed by atoms with Crippen LogP contribution in [0.5, 0.6) is 0 Å². The minimum atomic E-state index is -0.964. The highest BCUT2D eigenvalue weighted by atomic mass is 19.1. The van der Waals surface area contributed by atoms with Gasteiger partial charge in [-0.05, 0) is 24.5 Å². The van der Waals surface area contributed by atoms with E-state index in [1.807, 2.05) is 18.2 Å². The average molecular weight is 331 g/mol. The molecule has 1 unspecified atom stereocenters. The summed E-state index contributed by atoms with van der Waals surface area (Å²) in [5.41, 5.74) is -0.0379. The molecule has 0 saturated heterocycles. The molecule has 1 aliphatic carbocycles. The Kier molecular flexibility index (Phi) is 4.62. The fraction of sp³-hybridized carbons (Fsp3) is 0.316. The number of benzene rings is 2. The first-order chi connectivity index (χ1) is 11.5. The summed E-state index contributed by atoms with van der Waals surface area (Å²) >= 11 is 0. The van der Waals surface area contributed by atoms with Gasteiger partial charge in [-0.25, -0.2) is 8.78 Å². The van der Waals surface area contributed by atoms with Crippen molar-refractivity contribution in [2.45, 2.75) is 30.8 Å². The molecule has 1 amide bonds. The number of halogens is 2. The van der Waals surface area contributed by atoms with Crippen molar-refractivity contribution < 1.29 is 18.7 Å². The van der Waals surface area contributed by atoms with Crippen LogP contribution in [0.4, 0.5) is 8.78 Å². The van der Waals surface area contributed by atoms with E-state index in [0.717, 1.165) is 12.5 Å². The Morgan fingerprint density at radius 1 is 1.17 bits per heavy atom. The second-order valence-corrected chi connectivity index (χ2v) is 6.20. The molecule has 1 atom stereocenters. The van der Waals surface area contributed by atoms with Crippen molar-refractivity contribution in [2.24, 2.45) is 0 Å². The largest absolute Gasteiger partial charge is 0.387 e. The number of hydrogen-bond donors (Lipinski definition) is 2. The molecule has 3 rings (SSSR count). The number of carbonyl (C=O) groups excluding carboxylic acids is 1. The summed E-state index contributed by atoms with van der Waals surface area (Å²) in [5, 5.41) is 12.9. The minimum absolute atomic E-state index is 0.0490. The molecule has 0 aromatic heterocycles. The first-order valence-corrected chi connectivity index (χ1v) is 8.00. The predicted octanol–water partition coefficient (Wildman–Crippen LogP) is 3.24. The first-order valence-electron chi connectivity index (χ1n) is 8.00. The number of hydrogen-bond acceptors (Lipinski definition) is 2. The van der Waals surface area contributed by atoms with Crippen LogP contribution in [0, 0.1) is 11.6 Å². The van der Waals surface area contributed by atoms with Crippen LogP contribution >= 0.6 is 0 Å². The number of amides is 1. The van der Waals surface area contributed by atoms with Gasteiger partial charge in [0.25, 0.3) is 0 Å². The fourth-order valence-corrected chi connectivity index (χ4v) is 3.18. The molecule has 3 nitrogen and oxygen atoms in total. The zero-order chi connectivity index (χ0) is 17.2. The highest BCUT2D eigenvalue weighted by Crippen LogP contribution is 2.45. The van der Waals surface area contributed by atoms with Crippen LogP contribution in [0.15, 0.2) is 48.5 Å².